The van der Waals surface area contributed by atoms with Crippen LogP contribution < -0.4 is 4.74 Å². The Labute approximate surface area is 133 Å². The van der Waals surface area contributed by atoms with Crippen LogP contribution in [0.3, 0.4) is 0 Å². The van der Waals surface area contributed by atoms with Crippen molar-refractivity contribution >= 4 is 5.57 Å². The number of halogens is 3. The van der Waals surface area contributed by atoms with Crippen LogP contribution in [-0.4, -0.2) is 13.3 Å². The first-order valence-corrected chi connectivity index (χ1v) is 7.21. The maximum Gasteiger partial charge on any atom is 0.424 e. The van der Waals surface area contributed by atoms with Crippen LogP contribution in [0.4, 0.5) is 13.2 Å². The van der Waals surface area contributed by atoms with Gasteiger partial charge in [-0.15, -0.1) is 5.73 Å². The van der Waals surface area contributed by atoms with Gasteiger partial charge >= 0.3 is 6.18 Å². The van der Waals surface area contributed by atoms with Gasteiger partial charge in [0.1, 0.15) is 11.3 Å². The van der Waals surface area contributed by atoms with Gasteiger partial charge in [0.2, 0.25) is 0 Å². The Hall–Kier alpha value is -2.45. The van der Waals surface area contributed by atoms with Crippen molar-refractivity contribution in [3.05, 3.63) is 77.5 Å². The first-order chi connectivity index (χ1) is 11.0. The highest BCUT2D eigenvalue weighted by Crippen LogP contribution is 2.33. The summed E-state index contributed by atoms with van der Waals surface area (Å²) in [7, 11) is 1.47. The maximum atomic E-state index is 13.2. The van der Waals surface area contributed by atoms with E-state index in [4.69, 9.17) is 4.74 Å². The predicted molar refractivity (Wildman–Crippen MR) is 85.3 cm³/mol. The highest BCUT2D eigenvalue weighted by molar-refractivity contribution is 5.69. The van der Waals surface area contributed by atoms with E-state index in [1.807, 2.05) is 30.3 Å². The number of rotatable bonds is 5. The van der Waals surface area contributed by atoms with Gasteiger partial charge in [-0.1, -0.05) is 42.5 Å². The Morgan fingerprint density at radius 2 is 1.70 bits per heavy atom. The van der Waals surface area contributed by atoms with Crippen LogP contribution in [0.5, 0.6) is 5.75 Å². The fourth-order valence-electron chi connectivity index (χ4n) is 2.14. The van der Waals surface area contributed by atoms with Gasteiger partial charge in [0.25, 0.3) is 0 Å². The zero-order valence-electron chi connectivity index (χ0n) is 12.7. The summed E-state index contributed by atoms with van der Waals surface area (Å²) in [6.45, 7) is 0. The van der Waals surface area contributed by atoms with Gasteiger partial charge in [-0.2, -0.15) is 13.2 Å². The third-order valence-electron chi connectivity index (χ3n) is 3.33. The van der Waals surface area contributed by atoms with Crippen molar-refractivity contribution in [2.75, 3.05) is 7.11 Å². The van der Waals surface area contributed by atoms with E-state index in [1.165, 1.54) is 37.5 Å². The Morgan fingerprint density at radius 3 is 2.26 bits per heavy atom. The average molecular weight is 318 g/mol. The van der Waals surface area contributed by atoms with Crippen LogP contribution in [-0.2, 0) is 6.42 Å². The molecule has 0 atom stereocenters. The molecule has 0 saturated carbocycles. The van der Waals surface area contributed by atoms with E-state index in [9.17, 15) is 13.2 Å². The zero-order valence-corrected chi connectivity index (χ0v) is 12.7. The highest BCUT2D eigenvalue weighted by atomic mass is 19.4. The molecule has 0 fully saturated rings. The molecule has 0 bridgehead atoms. The summed E-state index contributed by atoms with van der Waals surface area (Å²) in [6, 6.07) is 15.4. The fourth-order valence-corrected chi connectivity index (χ4v) is 2.14. The molecule has 1 nitrogen and oxygen atoms in total. The molecule has 0 spiro atoms. The number of aryl methyl sites for hydroxylation is 1. The Balaban J connectivity index is 2.18. The topological polar surface area (TPSA) is 9.23 Å². The number of allylic oxidation sites excluding steroid dienone is 1. The summed E-state index contributed by atoms with van der Waals surface area (Å²) in [5.41, 5.74) is 2.80. The van der Waals surface area contributed by atoms with E-state index in [-0.39, 0.29) is 5.56 Å². The minimum absolute atomic E-state index is 0.0780. The summed E-state index contributed by atoms with van der Waals surface area (Å²) in [6.07, 6.45) is -1.82. The van der Waals surface area contributed by atoms with E-state index in [2.05, 4.69) is 5.73 Å². The van der Waals surface area contributed by atoms with Crippen molar-refractivity contribution in [2.45, 2.75) is 19.0 Å². The van der Waals surface area contributed by atoms with E-state index < -0.39 is 11.7 Å². The van der Waals surface area contributed by atoms with Crippen molar-refractivity contribution in [3.8, 4) is 5.75 Å². The molecule has 0 N–H and O–H groups in total. The van der Waals surface area contributed by atoms with Crippen LogP contribution in [0, 0.1) is 0 Å². The lowest BCUT2D eigenvalue weighted by Crippen LogP contribution is -2.09. The number of benzene rings is 2. The maximum absolute atomic E-state index is 13.2. The largest absolute Gasteiger partial charge is 0.497 e. The number of methoxy groups -OCH3 is 1. The van der Waals surface area contributed by atoms with Crippen molar-refractivity contribution < 1.29 is 17.9 Å². The van der Waals surface area contributed by atoms with Gasteiger partial charge in [-0.25, -0.2) is 0 Å². The second kappa shape index (κ2) is 7.70. The molecular formula is C19H17F3O. The molecule has 120 valence electrons. The van der Waals surface area contributed by atoms with Crippen molar-refractivity contribution in [3.63, 3.8) is 0 Å². The van der Waals surface area contributed by atoms with Crippen molar-refractivity contribution in [2.24, 2.45) is 0 Å². The molecule has 2 aromatic carbocycles. The highest BCUT2D eigenvalue weighted by Gasteiger charge is 2.34. The summed E-state index contributed by atoms with van der Waals surface area (Å²) in [5, 5.41) is 0. The van der Waals surface area contributed by atoms with Gasteiger partial charge in [0.15, 0.2) is 0 Å². The molecule has 2 rings (SSSR count). The van der Waals surface area contributed by atoms with E-state index in [0.717, 1.165) is 5.56 Å². The average Bonchev–Trinajstić information content (AvgIpc) is 2.55. The first-order valence-electron chi connectivity index (χ1n) is 7.21. The van der Waals surface area contributed by atoms with Crippen LogP contribution in [0.25, 0.3) is 5.57 Å². The first kappa shape index (κ1) is 16.9. The smallest absolute Gasteiger partial charge is 0.424 e. The summed E-state index contributed by atoms with van der Waals surface area (Å²) in [5.74, 6) is 0.517. The molecule has 0 aromatic heterocycles. The summed E-state index contributed by atoms with van der Waals surface area (Å²) in [4.78, 5) is 0. The zero-order chi connectivity index (χ0) is 16.7. The molecule has 0 aliphatic rings. The van der Waals surface area contributed by atoms with Gasteiger partial charge < -0.3 is 4.74 Å². The Kier molecular flexibility index (Phi) is 5.67. The molecule has 4 heteroatoms. The molecule has 0 unspecified atom stereocenters. The normalized spacial score (nSPS) is 10.8. The van der Waals surface area contributed by atoms with Gasteiger partial charge in [-0.3, -0.25) is 0 Å². The number of alkyl halides is 3. The molecular weight excluding hydrogens is 301 g/mol. The van der Waals surface area contributed by atoms with Gasteiger partial charge in [0.05, 0.1) is 7.11 Å². The minimum atomic E-state index is -4.45. The predicted octanol–water partition coefficient (Wildman–Crippen LogP) is 5.43. The molecule has 0 radical (unpaired) electrons. The SMILES string of the molecule is COc1ccc(C(=C=CCCc2ccccc2)C(F)(F)F)cc1. The Morgan fingerprint density at radius 1 is 1.04 bits per heavy atom. The van der Waals surface area contributed by atoms with Crippen molar-refractivity contribution in [1.82, 2.24) is 0 Å². The molecule has 0 heterocycles. The molecule has 0 aliphatic heterocycles. The second-order valence-electron chi connectivity index (χ2n) is 4.97. The standard InChI is InChI=1S/C19H17F3O/c1-23-17-13-11-16(12-14-17)18(19(20,21)22)10-6-5-9-15-7-3-2-4-8-15/h2-4,6-8,11-14H,5,9H2,1H3. The molecule has 0 amide bonds. The quantitative estimate of drug-likeness (QED) is 0.668. The third kappa shape index (κ3) is 5.04. The van der Waals surface area contributed by atoms with E-state index in [0.29, 0.717) is 18.6 Å². The van der Waals surface area contributed by atoms with Crippen LogP contribution in [0.1, 0.15) is 17.5 Å². The molecule has 23 heavy (non-hydrogen) atoms. The lowest BCUT2D eigenvalue weighted by Gasteiger charge is -2.10. The van der Waals surface area contributed by atoms with Crippen LogP contribution in [0.2, 0.25) is 0 Å². The molecule has 0 saturated heterocycles. The minimum Gasteiger partial charge on any atom is -0.497 e. The lowest BCUT2D eigenvalue weighted by atomic mass is 10.1. The Bertz CT molecular complexity index is 679. The van der Waals surface area contributed by atoms with E-state index >= 15 is 0 Å². The van der Waals surface area contributed by atoms with Gasteiger partial charge in [0, 0.05) is 0 Å². The van der Waals surface area contributed by atoms with Crippen LogP contribution in [0.15, 0.2) is 66.4 Å². The summed E-state index contributed by atoms with van der Waals surface area (Å²) < 4.78 is 44.5. The van der Waals surface area contributed by atoms with Gasteiger partial charge in [-0.05, 0) is 42.2 Å². The number of hydrogen-bond acceptors (Lipinski definition) is 1. The van der Waals surface area contributed by atoms with Crippen molar-refractivity contribution in [1.29, 1.82) is 0 Å². The second-order valence-corrected chi connectivity index (χ2v) is 4.97. The number of ether oxygens (including phenoxy) is 1. The van der Waals surface area contributed by atoms with E-state index in [1.54, 1.807) is 0 Å². The van der Waals surface area contributed by atoms with Crippen LogP contribution >= 0.6 is 0 Å². The summed E-state index contributed by atoms with van der Waals surface area (Å²) >= 11 is 0. The fraction of sp³-hybridized carbons (Fsp3) is 0.211. The third-order valence-corrected chi connectivity index (χ3v) is 3.33. The molecule has 2 aromatic rings. The lowest BCUT2D eigenvalue weighted by molar-refractivity contribution is -0.0687. The number of hydrogen-bond donors (Lipinski definition) is 0. The molecule has 0 aliphatic carbocycles. The monoisotopic (exact) mass is 318 g/mol.